The van der Waals surface area contributed by atoms with Gasteiger partial charge in [0.05, 0.1) is 12.0 Å². The van der Waals surface area contributed by atoms with E-state index in [1.54, 1.807) is 13.2 Å². The fourth-order valence-electron chi connectivity index (χ4n) is 1.70. The molecule has 0 saturated heterocycles. The molecule has 1 aromatic heterocycles. The summed E-state index contributed by atoms with van der Waals surface area (Å²) in [5, 5.41) is 14.0. The van der Waals surface area contributed by atoms with Gasteiger partial charge in [0.2, 0.25) is 0 Å². The number of benzene rings is 1. The van der Waals surface area contributed by atoms with Crippen molar-refractivity contribution >= 4 is 22.0 Å². The number of anilines is 1. The molecule has 0 saturated carbocycles. The van der Waals surface area contributed by atoms with Crippen LogP contribution in [0.15, 0.2) is 30.3 Å². The fraction of sp³-hybridized carbons (Fsp3) is 0.231. The van der Waals surface area contributed by atoms with Crippen molar-refractivity contribution in [2.24, 2.45) is 0 Å². The zero-order valence-electron chi connectivity index (χ0n) is 10.7. The van der Waals surface area contributed by atoms with Gasteiger partial charge in [0, 0.05) is 23.2 Å². The number of nitrogens with zero attached hydrogens (tertiary/aromatic N) is 1. The molecule has 5 nitrogen and oxygen atoms in total. The summed E-state index contributed by atoms with van der Waals surface area (Å²) in [6.45, 7) is 2.56. The molecular formula is C13H14N2O3S. The first-order chi connectivity index (χ1) is 9.10. The highest BCUT2D eigenvalue weighted by Gasteiger charge is 2.09. The van der Waals surface area contributed by atoms with Gasteiger partial charge >= 0.3 is 5.00 Å². The molecular weight excluding hydrogens is 264 g/mol. The highest BCUT2D eigenvalue weighted by atomic mass is 32.1. The minimum Gasteiger partial charge on any atom is -0.497 e. The lowest BCUT2D eigenvalue weighted by Gasteiger charge is -2.09. The van der Waals surface area contributed by atoms with Gasteiger partial charge in [0.1, 0.15) is 5.75 Å². The molecule has 0 amide bonds. The van der Waals surface area contributed by atoms with E-state index in [1.807, 2.05) is 25.1 Å². The number of ether oxygens (including phenoxy) is 1. The van der Waals surface area contributed by atoms with Gasteiger partial charge in [-0.1, -0.05) is 11.3 Å². The molecule has 0 aliphatic heterocycles. The summed E-state index contributed by atoms with van der Waals surface area (Å²) in [5.74, 6) is 0.815. The van der Waals surface area contributed by atoms with Gasteiger partial charge in [0.25, 0.3) is 0 Å². The van der Waals surface area contributed by atoms with Crippen LogP contribution in [0.2, 0.25) is 0 Å². The average molecular weight is 278 g/mol. The highest BCUT2D eigenvalue weighted by molar-refractivity contribution is 7.15. The van der Waals surface area contributed by atoms with Crippen LogP contribution < -0.4 is 10.1 Å². The third-order valence-electron chi connectivity index (χ3n) is 2.71. The van der Waals surface area contributed by atoms with Crippen molar-refractivity contribution in [3.05, 3.63) is 50.9 Å². The summed E-state index contributed by atoms with van der Waals surface area (Å²) < 4.78 is 5.14. The lowest BCUT2D eigenvalue weighted by Crippen LogP contribution is -1.99. The first-order valence-corrected chi connectivity index (χ1v) is 6.53. The summed E-state index contributed by atoms with van der Waals surface area (Å²) >= 11 is 1.19. The largest absolute Gasteiger partial charge is 0.497 e. The van der Waals surface area contributed by atoms with Crippen LogP contribution in [0.4, 0.5) is 10.7 Å². The van der Waals surface area contributed by atoms with E-state index in [0.717, 1.165) is 21.9 Å². The summed E-state index contributed by atoms with van der Waals surface area (Å²) in [6, 6.07) is 9.07. The van der Waals surface area contributed by atoms with Crippen molar-refractivity contribution < 1.29 is 9.66 Å². The van der Waals surface area contributed by atoms with E-state index >= 15 is 0 Å². The number of nitro groups is 1. The number of hydrogen-bond donors (Lipinski definition) is 1. The van der Waals surface area contributed by atoms with E-state index in [1.165, 1.54) is 17.4 Å². The van der Waals surface area contributed by atoms with Crippen LogP contribution in [0, 0.1) is 17.0 Å². The lowest BCUT2D eigenvalue weighted by atomic mass is 10.2. The normalized spacial score (nSPS) is 10.2. The second-order valence-corrected chi connectivity index (χ2v) is 5.18. The molecule has 0 fully saturated rings. The minimum atomic E-state index is -0.368. The Bertz CT molecular complexity index is 595. The Morgan fingerprint density at radius 1 is 1.37 bits per heavy atom. The Balaban J connectivity index is 2.03. The summed E-state index contributed by atoms with van der Waals surface area (Å²) in [6.07, 6.45) is 0. The summed E-state index contributed by atoms with van der Waals surface area (Å²) in [4.78, 5) is 11.2. The zero-order valence-corrected chi connectivity index (χ0v) is 11.5. The summed E-state index contributed by atoms with van der Waals surface area (Å²) in [7, 11) is 1.63. The Kier molecular flexibility index (Phi) is 4.01. The standard InChI is InChI=1S/C13H14N2O3S/c1-9-7-10(18-2)3-5-12(9)14-8-11-4-6-13(19-11)15(16)17/h3-7,14H,8H2,1-2H3. The third kappa shape index (κ3) is 3.23. The molecule has 0 unspecified atom stereocenters. The van der Waals surface area contributed by atoms with Crippen LogP contribution in [-0.2, 0) is 6.54 Å². The Hall–Kier alpha value is -2.08. The Morgan fingerprint density at radius 2 is 2.16 bits per heavy atom. The van der Waals surface area contributed by atoms with Gasteiger partial charge in [0.15, 0.2) is 0 Å². The molecule has 1 aromatic carbocycles. The molecule has 0 aliphatic rings. The van der Waals surface area contributed by atoms with Gasteiger partial charge in [-0.15, -0.1) is 0 Å². The molecule has 100 valence electrons. The second kappa shape index (κ2) is 5.71. The quantitative estimate of drug-likeness (QED) is 0.670. The van der Waals surface area contributed by atoms with Crippen LogP contribution in [-0.4, -0.2) is 12.0 Å². The van der Waals surface area contributed by atoms with E-state index in [9.17, 15) is 10.1 Å². The van der Waals surface area contributed by atoms with Crippen molar-refractivity contribution in [2.75, 3.05) is 12.4 Å². The number of nitrogens with one attached hydrogen (secondary N) is 1. The van der Waals surface area contributed by atoms with Crippen LogP contribution in [0.5, 0.6) is 5.75 Å². The molecule has 1 N–H and O–H groups in total. The summed E-state index contributed by atoms with van der Waals surface area (Å²) in [5.41, 5.74) is 2.07. The van der Waals surface area contributed by atoms with Gasteiger partial charge in [-0.25, -0.2) is 0 Å². The van der Waals surface area contributed by atoms with E-state index in [-0.39, 0.29) is 9.92 Å². The van der Waals surface area contributed by atoms with Gasteiger partial charge in [-0.2, -0.15) is 0 Å². The first-order valence-electron chi connectivity index (χ1n) is 5.72. The Morgan fingerprint density at radius 3 is 2.74 bits per heavy atom. The van der Waals surface area contributed by atoms with Crippen molar-refractivity contribution in [2.45, 2.75) is 13.5 Å². The molecule has 0 bridgehead atoms. The maximum absolute atomic E-state index is 10.6. The zero-order chi connectivity index (χ0) is 13.8. The predicted molar refractivity (Wildman–Crippen MR) is 76.0 cm³/mol. The van der Waals surface area contributed by atoms with Crippen LogP contribution in [0.3, 0.4) is 0 Å². The smallest absolute Gasteiger partial charge is 0.324 e. The number of aryl methyl sites for hydroxylation is 1. The van der Waals surface area contributed by atoms with Gasteiger partial charge in [-0.3, -0.25) is 10.1 Å². The van der Waals surface area contributed by atoms with Crippen molar-refractivity contribution in [3.8, 4) is 5.75 Å². The predicted octanol–water partition coefficient (Wildman–Crippen LogP) is 3.59. The van der Waals surface area contributed by atoms with Crippen LogP contribution in [0.1, 0.15) is 10.4 Å². The number of thiophene rings is 1. The molecule has 2 aromatic rings. The maximum Gasteiger partial charge on any atom is 0.324 e. The lowest BCUT2D eigenvalue weighted by molar-refractivity contribution is -0.380. The number of hydrogen-bond acceptors (Lipinski definition) is 5. The monoisotopic (exact) mass is 278 g/mol. The third-order valence-corrected chi connectivity index (χ3v) is 3.75. The number of rotatable bonds is 5. The van der Waals surface area contributed by atoms with Crippen molar-refractivity contribution in [1.29, 1.82) is 0 Å². The minimum absolute atomic E-state index is 0.170. The van der Waals surface area contributed by atoms with E-state index in [4.69, 9.17) is 4.74 Å². The Labute approximate surface area is 115 Å². The fourth-order valence-corrected chi connectivity index (χ4v) is 2.46. The van der Waals surface area contributed by atoms with Crippen LogP contribution >= 0.6 is 11.3 Å². The second-order valence-electron chi connectivity index (χ2n) is 4.03. The molecule has 0 radical (unpaired) electrons. The van der Waals surface area contributed by atoms with Crippen LogP contribution in [0.25, 0.3) is 0 Å². The molecule has 1 heterocycles. The first kappa shape index (κ1) is 13.4. The molecule has 6 heteroatoms. The topological polar surface area (TPSA) is 64.4 Å². The molecule has 0 aliphatic carbocycles. The molecule has 19 heavy (non-hydrogen) atoms. The van der Waals surface area contributed by atoms with E-state index < -0.39 is 0 Å². The van der Waals surface area contributed by atoms with E-state index in [2.05, 4.69) is 5.32 Å². The molecule has 0 atom stereocenters. The van der Waals surface area contributed by atoms with Gasteiger partial charge in [-0.05, 0) is 36.8 Å². The SMILES string of the molecule is COc1ccc(NCc2ccc([N+](=O)[O-])s2)c(C)c1. The van der Waals surface area contributed by atoms with Crippen molar-refractivity contribution in [1.82, 2.24) is 0 Å². The number of methoxy groups -OCH3 is 1. The molecule has 2 rings (SSSR count). The van der Waals surface area contributed by atoms with E-state index in [0.29, 0.717) is 6.54 Å². The maximum atomic E-state index is 10.6. The van der Waals surface area contributed by atoms with Gasteiger partial charge < -0.3 is 10.1 Å². The highest BCUT2D eigenvalue weighted by Crippen LogP contribution is 2.26. The average Bonchev–Trinajstić information content (AvgIpc) is 2.86. The van der Waals surface area contributed by atoms with Crippen molar-refractivity contribution in [3.63, 3.8) is 0 Å². The molecule has 0 spiro atoms.